The summed E-state index contributed by atoms with van der Waals surface area (Å²) in [5, 5.41) is 0. The molecule has 1 saturated carbocycles. The summed E-state index contributed by atoms with van der Waals surface area (Å²) in [5.74, 6) is 0.645. The molecule has 1 heterocycles. The minimum absolute atomic E-state index is 0.557. The Balaban J connectivity index is 1.94. The van der Waals surface area contributed by atoms with E-state index in [-0.39, 0.29) is 0 Å². The van der Waals surface area contributed by atoms with Crippen LogP contribution in [0.3, 0.4) is 0 Å². The van der Waals surface area contributed by atoms with E-state index in [4.69, 9.17) is 5.73 Å². The van der Waals surface area contributed by atoms with E-state index in [0.717, 1.165) is 6.54 Å². The first-order chi connectivity index (χ1) is 6.90. The Morgan fingerprint density at radius 1 is 1.21 bits per heavy atom. The van der Waals surface area contributed by atoms with Gasteiger partial charge >= 0.3 is 0 Å². The van der Waals surface area contributed by atoms with Crippen LogP contribution in [0, 0.1) is 5.92 Å². The zero-order valence-electron chi connectivity index (χ0n) is 8.52. The van der Waals surface area contributed by atoms with E-state index in [0.29, 0.717) is 12.0 Å². The summed E-state index contributed by atoms with van der Waals surface area (Å²) in [6.07, 6.45) is 9.28. The van der Waals surface area contributed by atoms with Gasteiger partial charge in [0, 0.05) is 18.4 Å². The zero-order chi connectivity index (χ0) is 9.80. The summed E-state index contributed by atoms with van der Waals surface area (Å²) in [5.41, 5.74) is 9.27. The predicted octanol–water partition coefficient (Wildman–Crippen LogP) is 1.55. The van der Waals surface area contributed by atoms with Gasteiger partial charge in [-0.15, -0.1) is 0 Å². The first-order valence-electron chi connectivity index (χ1n) is 5.50. The standard InChI is InChI=1S/C11H19N3/c12-9-10-5-1-2-6-11(10)13-14-7-3-4-8-14/h3-4,7-8,10-11,13H,1-2,5-6,9,12H2. The van der Waals surface area contributed by atoms with Gasteiger partial charge in [-0.25, -0.2) is 0 Å². The maximum Gasteiger partial charge on any atom is 0.0464 e. The summed E-state index contributed by atoms with van der Waals surface area (Å²) in [7, 11) is 0. The molecule has 78 valence electrons. The fraction of sp³-hybridized carbons (Fsp3) is 0.636. The molecule has 0 saturated heterocycles. The largest absolute Gasteiger partial charge is 0.330 e. The summed E-state index contributed by atoms with van der Waals surface area (Å²) in [4.78, 5) is 0. The van der Waals surface area contributed by atoms with E-state index in [1.54, 1.807) is 0 Å². The molecule has 2 rings (SSSR count). The fourth-order valence-electron chi connectivity index (χ4n) is 2.27. The minimum atomic E-state index is 0.557. The number of nitrogens with two attached hydrogens (primary N) is 1. The molecule has 1 aliphatic carbocycles. The molecule has 0 aliphatic heterocycles. The van der Waals surface area contributed by atoms with Crippen LogP contribution in [0.25, 0.3) is 0 Å². The Bertz CT molecular complexity index is 256. The van der Waals surface area contributed by atoms with Gasteiger partial charge in [0.05, 0.1) is 0 Å². The lowest BCUT2D eigenvalue weighted by molar-refractivity contribution is 0.317. The Morgan fingerprint density at radius 2 is 1.93 bits per heavy atom. The van der Waals surface area contributed by atoms with E-state index in [9.17, 15) is 0 Å². The maximum atomic E-state index is 5.77. The monoisotopic (exact) mass is 193 g/mol. The third-order valence-electron chi connectivity index (χ3n) is 3.13. The second-order valence-corrected chi connectivity index (χ2v) is 4.11. The average molecular weight is 193 g/mol. The molecule has 1 aromatic rings. The molecule has 3 nitrogen and oxygen atoms in total. The minimum Gasteiger partial charge on any atom is -0.330 e. The van der Waals surface area contributed by atoms with Gasteiger partial charge in [0.25, 0.3) is 0 Å². The molecule has 0 bridgehead atoms. The molecule has 3 N–H and O–H groups in total. The van der Waals surface area contributed by atoms with Crippen LogP contribution in [-0.4, -0.2) is 17.3 Å². The lowest BCUT2D eigenvalue weighted by Gasteiger charge is -2.32. The maximum absolute atomic E-state index is 5.77. The normalized spacial score (nSPS) is 27.5. The van der Waals surface area contributed by atoms with Crippen LogP contribution in [-0.2, 0) is 0 Å². The van der Waals surface area contributed by atoms with E-state index >= 15 is 0 Å². The Morgan fingerprint density at radius 3 is 2.64 bits per heavy atom. The molecule has 0 aromatic carbocycles. The third kappa shape index (κ3) is 2.10. The lowest BCUT2D eigenvalue weighted by atomic mass is 9.85. The lowest BCUT2D eigenvalue weighted by Crippen LogP contribution is -2.40. The van der Waals surface area contributed by atoms with Gasteiger partial charge in [-0.2, -0.15) is 0 Å². The smallest absolute Gasteiger partial charge is 0.0464 e. The Labute approximate surface area is 85.3 Å². The van der Waals surface area contributed by atoms with Crippen LogP contribution in [0.2, 0.25) is 0 Å². The van der Waals surface area contributed by atoms with Crippen molar-refractivity contribution in [2.24, 2.45) is 11.7 Å². The van der Waals surface area contributed by atoms with Gasteiger partial charge in [0.15, 0.2) is 0 Å². The second kappa shape index (κ2) is 4.51. The zero-order valence-corrected chi connectivity index (χ0v) is 8.52. The molecule has 3 heteroatoms. The van der Waals surface area contributed by atoms with Crippen LogP contribution < -0.4 is 11.2 Å². The summed E-state index contributed by atoms with van der Waals surface area (Å²) >= 11 is 0. The molecule has 0 amide bonds. The van der Waals surface area contributed by atoms with Gasteiger partial charge < -0.3 is 11.2 Å². The number of nitrogens with zero attached hydrogens (tertiary/aromatic N) is 1. The molecular weight excluding hydrogens is 174 g/mol. The average Bonchev–Trinajstić information content (AvgIpc) is 2.71. The first kappa shape index (κ1) is 9.59. The second-order valence-electron chi connectivity index (χ2n) is 4.11. The van der Waals surface area contributed by atoms with Crippen LogP contribution in [0.15, 0.2) is 24.5 Å². The fourth-order valence-corrected chi connectivity index (χ4v) is 2.27. The summed E-state index contributed by atoms with van der Waals surface area (Å²) in [6.45, 7) is 0.804. The molecule has 2 atom stereocenters. The predicted molar refractivity (Wildman–Crippen MR) is 58.6 cm³/mol. The topological polar surface area (TPSA) is 43.0 Å². The van der Waals surface area contributed by atoms with Gasteiger partial charge in [-0.05, 0) is 37.4 Å². The quantitative estimate of drug-likeness (QED) is 0.765. The van der Waals surface area contributed by atoms with E-state index in [1.165, 1.54) is 25.7 Å². The van der Waals surface area contributed by atoms with Crippen molar-refractivity contribution in [2.45, 2.75) is 31.7 Å². The van der Waals surface area contributed by atoms with E-state index < -0.39 is 0 Å². The van der Waals surface area contributed by atoms with Gasteiger partial charge in [-0.1, -0.05) is 12.8 Å². The van der Waals surface area contributed by atoms with Crippen LogP contribution in [0.5, 0.6) is 0 Å². The molecule has 1 aromatic heterocycles. The highest BCUT2D eigenvalue weighted by atomic mass is 15.4. The number of nitrogens with one attached hydrogen (secondary N) is 1. The van der Waals surface area contributed by atoms with E-state index in [1.807, 2.05) is 29.2 Å². The van der Waals surface area contributed by atoms with Crippen molar-refractivity contribution in [3.05, 3.63) is 24.5 Å². The summed E-state index contributed by atoms with van der Waals surface area (Å²) < 4.78 is 2.04. The SMILES string of the molecule is NCC1CCCCC1Nn1cccc1. The highest BCUT2D eigenvalue weighted by molar-refractivity contribution is 4.97. The van der Waals surface area contributed by atoms with Crippen molar-refractivity contribution < 1.29 is 0 Å². The molecule has 2 unspecified atom stereocenters. The number of rotatable bonds is 3. The van der Waals surface area contributed by atoms with Crippen molar-refractivity contribution in [2.75, 3.05) is 12.0 Å². The van der Waals surface area contributed by atoms with Crippen molar-refractivity contribution in [3.8, 4) is 0 Å². The molecular formula is C11H19N3. The summed E-state index contributed by atoms with van der Waals surface area (Å²) in [6, 6.07) is 4.63. The van der Waals surface area contributed by atoms with Crippen molar-refractivity contribution in [1.82, 2.24) is 4.68 Å². The van der Waals surface area contributed by atoms with Crippen LogP contribution in [0.4, 0.5) is 0 Å². The molecule has 14 heavy (non-hydrogen) atoms. The Kier molecular flexibility index (Phi) is 3.09. The van der Waals surface area contributed by atoms with Crippen molar-refractivity contribution >= 4 is 0 Å². The van der Waals surface area contributed by atoms with Gasteiger partial charge in [-0.3, -0.25) is 4.68 Å². The van der Waals surface area contributed by atoms with Crippen molar-refractivity contribution in [1.29, 1.82) is 0 Å². The molecule has 0 spiro atoms. The van der Waals surface area contributed by atoms with Crippen LogP contribution >= 0.6 is 0 Å². The van der Waals surface area contributed by atoms with Crippen LogP contribution in [0.1, 0.15) is 25.7 Å². The Hall–Kier alpha value is -0.960. The van der Waals surface area contributed by atoms with Crippen molar-refractivity contribution in [3.63, 3.8) is 0 Å². The molecule has 1 aliphatic rings. The van der Waals surface area contributed by atoms with E-state index in [2.05, 4.69) is 5.43 Å². The number of hydrogen-bond acceptors (Lipinski definition) is 2. The highest BCUT2D eigenvalue weighted by Crippen LogP contribution is 2.24. The molecule has 0 radical (unpaired) electrons. The molecule has 1 fully saturated rings. The third-order valence-corrected chi connectivity index (χ3v) is 3.13. The number of hydrogen-bond donors (Lipinski definition) is 2. The van der Waals surface area contributed by atoms with Gasteiger partial charge in [0.1, 0.15) is 0 Å². The highest BCUT2D eigenvalue weighted by Gasteiger charge is 2.23. The van der Waals surface area contributed by atoms with Gasteiger partial charge in [0.2, 0.25) is 0 Å². The first-order valence-corrected chi connectivity index (χ1v) is 5.50. The number of aromatic nitrogens is 1.